The van der Waals surface area contributed by atoms with Crippen molar-refractivity contribution in [3.63, 3.8) is 0 Å². The third-order valence-corrected chi connectivity index (χ3v) is 5.58. The minimum Gasteiger partial charge on any atom is -0.508 e. The number of thiophene rings is 1. The fourth-order valence-electron chi connectivity index (χ4n) is 2.44. The van der Waals surface area contributed by atoms with Gasteiger partial charge in [-0.2, -0.15) is 5.10 Å². The van der Waals surface area contributed by atoms with Gasteiger partial charge in [-0.25, -0.2) is 5.43 Å². The van der Waals surface area contributed by atoms with E-state index >= 15 is 0 Å². The minimum atomic E-state index is -0.620. The number of hydrazone groups is 1. The molecule has 0 aliphatic carbocycles. The number of nitrogens with one attached hydrogen (secondary N) is 1. The predicted octanol–water partition coefficient (Wildman–Crippen LogP) is 4.99. The van der Waals surface area contributed by atoms with E-state index in [2.05, 4.69) is 10.5 Å². The van der Waals surface area contributed by atoms with Crippen LogP contribution in [-0.4, -0.2) is 26.9 Å². The Morgan fingerprint density at radius 3 is 2.36 bits per heavy atom. The van der Waals surface area contributed by atoms with Crippen molar-refractivity contribution in [1.29, 1.82) is 0 Å². The van der Waals surface area contributed by atoms with E-state index in [1.165, 1.54) is 23.5 Å². The van der Waals surface area contributed by atoms with E-state index < -0.39 is 5.91 Å². The van der Waals surface area contributed by atoms with Gasteiger partial charge in [0.15, 0.2) is 0 Å². The zero-order chi connectivity index (χ0) is 20.4. The first-order valence-corrected chi connectivity index (χ1v) is 9.53. The van der Waals surface area contributed by atoms with E-state index in [0.717, 1.165) is 6.07 Å². The summed E-state index contributed by atoms with van der Waals surface area (Å²) in [7, 11) is 0. The molecule has 9 heteroatoms. The number of phenolic OH excluding ortho intramolecular Hbond substituents is 2. The molecule has 0 spiro atoms. The number of aromatic hydroxyl groups is 3. The second-order valence-corrected chi connectivity index (χ2v) is 7.53. The van der Waals surface area contributed by atoms with E-state index in [0.29, 0.717) is 31.8 Å². The van der Waals surface area contributed by atoms with Gasteiger partial charge >= 0.3 is 0 Å². The van der Waals surface area contributed by atoms with Gasteiger partial charge in [0, 0.05) is 17.0 Å². The van der Waals surface area contributed by atoms with Crippen LogP contribution in [-0.2, 0) is 0 Å². The van der Waals surface area contributed by atoms with Gasteiger partial charge in [-0.1, -0.05) is 29.3 Å². The van der Waals surface area contributed by atoms with Crippen molar-refractivity contribution in [2.75, 3.05) is 0 Å². The lowest BCUT2D eigenvalue weighted by Gasteiger charge is -2.05. The summed E-state index contributed by atoms with van der Waals surface area (Å²) in [4.78, 5) is 12.7. The van der Waals surface area contributed by atoms with Gasteiger partial charge in [-0.15, -0.1) is 11.3 Å². The van der Waals surface area contributed by atoms with Gasteiger partial charge in [0.05, 0.1) is 26.2 Å². The molecule has 3 rings (SSSR count). The summed E-state index contributed by atoms with van der Waals surface area (Å²) in [5.41, 5.74) is 3.89. The van der Waals surface area contributed by atoms with E-state index in [1.54, 1.807) is 30.5 Å². The van der Waals surface area contributed by atoms with Crippen LogP contribution in [0.25, 0.3) is 10.4 Å². The number of rotatable bonds is 4. The van der Waals surface area contributed by atoms with Gasteiger partial charge in [-0.05, 0) is 36.8 Å². The highest BCUT2D eigenvalue weighted by Gasteiger charge is 2.16. The quantitative estimate of drug-likeness (QED) is 0.341. The van der Waals surface area contributed by atoms with Crippen molar-refractivity contribution in [2.45, 2.75) is 6.92 Å². The molecule has 0 fully saturated rings. The molecule has 0 aliphatic rings. The van der Waals surface area contributed by atoms with Crippen LogP contribution in [0.4, 0.5) is 0 Å². The van der Waals surface area contributed by atoms with Crippen molar-refractivity contribution in [1.82, 2.24) is 5.43 Å². The summed E-state index contributed by atoms with van der Waals surface area (Å²) < 4.78 is 0. The normalized spacial score (nSPS) is 11.5. The number of halogens is 2. The molecule has 0 aliphatic heterocycles. The van der Waals surface area contributed by atoms with Crippen molar-refractivity contribution >= 4 is 46.2 Å². The van der Waals surface area contributed by atoms with Gasteiger partial charge in [0.2, 0.25) is 0 Å². The molecule has 0 bridgehead atoms. The van der Waals surface area contributed by atoms with Crippen molar-refractivity contribution in [3.05, 3.63) is 63.0 Å². The molecule has 1 heterocycles. The Morgan fingerprint density at radius 2 is 1.71 bits per heavy atom. The summed E-state index contributed by atoms with van der Waals surface area (Å²) in [6, 6.07) is 8.55. The zero-order valence-electron chi connectivity index (χ0n) is 14.4. The van der Waals surface area contributed by atoms with Crippen molar-refractivity contribution < 1.29 is 20.1 Å². The molecule has 28 heavy (non-hydrogen) atoms. The number of carbonyl (C=O) groups is 1. The summed E-state index contributed by atoms with van der Waals surface area (Å²) in [6.07, 6.45) is 0. The number of nitrogens with zero attached hydrogens (tertiary/aromatic N) is 1. The summed E-state index contributed by atoms with van der Waals surface area (Å²) in [5.74, 6) is -1.10. The summed E-state index contributed by atoms with van der Waals surface area (Å²) in [5, 5.41) is 35.9. The monoisotopic (exact) mass is 436 g/mol. The zero-order valence-corrected chi connectivity index (χ0v) is 16.7. The van der Waals surface area contributed by atoms with Gasteiger partial charge in [0.1, 0.15) is 17.2 Å². The molecular formula is C19H14Cl2N2O4S. The molecule has 1 aromatic heterocycles. The largest absolute Gasteiger partial charge is 0.508 e. The average molecular weight is 437 g/mol. The number of carbonyl (C=O) groups excluding carboxylic acids is 1. The second-order valence-electron chi connectivity index (χ2n) is 5.83. The lowest BCUT2D eigenvalue weighted by atomic mass is 10.1. The van der Waals surface area contributed by atoms with Crippen molar-refractivity contribution in [2.24, 2.45) is 5.10 Å². The maximum absolute atomic E-state index is 12.1. The Kier molecular flexibility index (Phi) is 5.79. The SMILES string of the molecule is C/C(=N\NC(=O)c1cc(O)cc(O)c1)c1csc(-c2ccc(Cl)c(Cl)c2)c1O. The highest BCUT2D eigenvalue weighted by atomic mass is 35.5. The van der Waals surface area contributed by atoms with Gasteiger partial charge in [0.25, 0.3) is 5.91 Å². The molecule has 2 aromatic carbocycles. The Labute approximate surface area is 174 Å². The highest BCUT2D eigenvalue weighted by molar-refractivity contribution is 7.14. The Bertz CT molecular complexity index is 1080. The van der Waals surface area contributed by atoms with Crippen LogP contribution in [0.5, 0.6) is 17.2 Å². The van der Waals surface area contributed by atoms with E-state index in [9.17, 15) is 20.1 Å². The number of phenols is 2. The van der Waals surface area contributed by atoms with Crippen LogP contribution in [0.1, 0.15) is 22.8 Å². The fraction of sp³-hybridized carbons (Fsp3) is 0.0526. The molecule has 0 saturated carbocycles. The topological polar surface area (TPSA) is 102 Å². The molecule has 144 valence electrons. The van der Waals surface area contributed by atoms with Crippen LogP contribution in [0.3, 0.4) is 0 Å². The third-order valence-electron chi connectivity index (χ3n) is 3.83. The van der Waals surface area contributed by atoms with Crippen molar-refractivity contribution in [3.8, 4) is 27.7 Å². The molecule has 0 saturated heterocycles. The second kappa shape index (κ2) is 8.10. The number of amides is 1. The van der Waals surface area contributed by atoms with E-state index in [-0.39, 0.29) is 22.8 Å². The molecule has 0 radical (unpaired) electrons. The van der Waals surface area contributed by atoms with E-state index in [4.69, 9.17) is 23.2 Å². The van der Waals surface area contributed by atoms with E-state index in [1.807, 2.05) is 0 Å². The number of benzene rings is 2. The maximum Gasteiger partial charge on any atom is 0.271 e. The predicted molar refractivity (Wildman–Crippen MR) is 111 cm³/mol. The Hall–Kier alpha value is -2.74. The number of hydrogen-bond acceptors (Lipinski definition) is 6. The molecule has 1 amide bonds. The van der Waals surface area contributed by atoms with Gasteiger partial charge in [-0.3, -0.25) is 4.79 Å². The van der Waals surface area contributed by atoms with Gasteiger partial charge < -0.3 is 15.3 Å². The Balaban J connectivity index is 1.82. The third kappa shape index (κ3) is 4.22. The Morgan fingerprint density at radius 1 is 1.04 bits per heavy atom. The minimum absolute atomic E-state index is 0.00823. The molecule has 3 aromatic rings. The molecule has 4 N–H and O–H groups in total. The first kappa shape index (κ1) is 20.0. The average Bonchev–Trinajstić information content (AvgIpc) is 3.02. The molecule has 6 nitrogen and oxygen atoms in total. The lowest BCUT2D eigenvalue weighted by molar-refractivity contribution is 0.0954. The summed E-state index contributed by atoms with van der Waals surface area (Å²) >= 11 is 13.3. The fourth-order valence-corrected chi connectivity index (χ4v) is 3.74. The standard InChI is InChI=1S/C19H14Cl2N2O4S/c1-9(22-23-19(27)11-4-12(24)7-13(25)5-11)14-8-28-18(17(14)26)10-2-3-15(20)16(21)6-10/h2-8,24-26H,1H3,(H,23,27)/b22-9+. The first-order valence-electron chi connectivity index (χ1n) is 7.90. The highest BCUT2D eigenvalue weighted by Crippen LogP contribution is 2.40. The van der Waals surface area contributed by atoms with Crippen LogP contribution >= 0.6 is 34.5 Å². The number of hydrogen-bond donors (Lipinski definition) is 4. The van der Waals surface area contributed by atoms with Crippen LogP contribution < -0.4 is 5.43 Å². The van der Waals surface area contributed by atoms with Crippen LogP contribution in [0.2, 0.25) is 10.0 Å². The summed E-state index contributed by atoms with van der Waals surface area (Å²) in [6.45, 7) is 1.63. The smallest absolute Gasteiger partial charge is 0.271 e. The lowest BCUT2D eigenvalue weighted by Crippen LogP contribution is -2.19. The molecule has 0 unspecified atom stereocenters. The maximum atomic E-state index is 12.1. The molecule has 0 atom stereocenters. The first-order chi connectivity index (χ1) is 13.3. The van der Waals surface area contributed by atoms with Crippen LogP contribution in [0.15, 0.2) is 46.9 Å². The van der Waals surface area contributed by atoms with Crippen LogP contribution in [0, 0.1) is 0 Å². The molecular weight excluding hydrogens is 423 g/mol.